The number of terminal acetylenes is 1. The molecule has 0 bridgehead atoms. The quantitative estimate of drug-likeness (QED) is 0.522. The molecule has 0 unspecified atom stereocenters. The van der Waals surface area contributed by atoms with Gasteiger partial charge in [0, 0.05) is 0 Å². The fourth-order valence-electron chi connectivity index (χ4n) is 0.136. The molecule has 0 aromatic carbocycles. The van der Waals surface area contributed by atoms with Crippen LogP contribution in [-0.4, -0.2) is 24.4 Å². The van der Waals surface area contributed by atoms with Gasteiger partial charge < -0.3 is 0 Å². The summed E-state index contributed by atoms with van der Waals surface area (Å²) in [6.07, 6.45) is 8.64. The Morgan fingerprint density at radius 1 is 1.83 bits per heavy atom. The van der Waals surface area contributed by atoms with E-state index in [9.17, 15) is 0 Å². The molecule has 0 N–H and O–H groups in total. The van der Waals surface area contributed by atoms with Crippen molar-refractivity contribution in [2.24, 2.45) is 0 Å². The van der Waals surface area contributed by atoms with Crippen LogP contribution in [0.3, 0.4) is 0 Å². The fourth-order valence-corrected chi connectivity index (χ4v) is 0.524. The molecule has 1 heteroatoms. The third kappa shape index (κ3) is 4.17. The van der Waals surface area contributed by atoms with Crippen molar-refractivity contribution in [1.29, 1.82) is 0 Å². The van der Waals surface area contributed by atoms with Gasteiger partial charge in [-0.05, 0) is 0 Å². The van der Waals surface area contributed by atoms with Crippen molar-refractivity contribution in [1.82, 2.24) is 0 Å². The molecule has 0 heterocycles. The molecular formula is C5H5In. The van der Waals surface area contributed by atoms with E-state index in [-0.39, 0.29) is 0 Å². The Hall–Kier alpha value is 0.170. The van der Waals surface area contributed by atoms with E-state index in [2.05, 4.69) is 5.92 Å². The average molecular weight is 180 g/mol. The summed E-state index contributed by atoms with van der Waals surface area (Å²) in [6, 6.07) is 0. The predicted octanol–water partition coefficient (Wildman–Crippen LogP) is 0.763. The van der Waals surface area contributed by atoms with Crippen LogP contribution in [-0.2, 0) is 0 Å². The second-order valence-corrected chi connectivity index (χ2v) is 2.15. The van der Waals surface area contributed by atoms with Gasteiger partial charge >= 0.3 is 53.0 Å². The van der Waals surface area contributed by atoms with Crippen molar-refractivity contribution in [2.45, 2.75) is 4.18 Å². The van der Waals surface area contributed by atoms with Gasteiger partial charge in [0.25, 0.3) is 0 Å². The van der Waals surface area contributed by atoms with Gasteiger partial charge in [-0.1, -0.05) is 0 Å². The molecule has 0 fully saturated rings. The Labute approximate surface area is 53.2 Å². The van der Waals surface area contributed by atoms with E-state index in [4.69, 9.17) is 6.42 Å². The van der Waals surface area contributed by atoms with Gasteiger partial charge in [0.2, 0.25) is 0 Å². The Bertz CT molecular complexity index is 76.4. The first-order chi connectivity index (χ1) is 2.91. The van der Waals surface area contributed by atoms with Gasteiger partial charge in [-0.3, -0.25) is 0 Å². The molecule has 6 heavy (non-hydrogen) atoms. The molecule has 2 radical (unpaired) electrons. The zero-order valence-corrected chi connectivity index (χ0v) is 6.81. The van der Waals surface area contributed by atoms with Crippen LogP contribution in [0.5, 0.6) is 0 Å². The molecule has 0 rings (SSSR count). The summed E-state index contributed by atoms with van der Waals surface area (Å²) in [6.45, 7) is 0. The maximum absolute atomic E-state index is 4.89. The Morgan fingerprint density at radius 3 is 2.67 bits per heavy atom. The van der Waals surface area contributed by atoms with Gasteiger partial charge in [0.1, 0.15) is 0 Å². The normalized spacial score (nSPS) is 8.50. The van der Waals surface area contributed by atoms with E-state index in [1.165, 1.54) is 24.4 Å². The van der Waals surface area contributed by atoms with E-state index >= 15 is 0 Å². The summed E-state index contributed by atoms with van der Waals surface area (Å²) in [5, 5.41) is 0. The van der Waals surface area contributed by atoms with E-state index < -0.39 is 0 Å². The van der Waals surface area contributed by atoms with Crippen LogP contribution in [0.15, 0.2) is 12.2 Å². The van der Waals surface area contributed by atoms with Crippen LogP contribution in [0.1, 0.15) is 0 Å². The Morgan fingerprint density at radius 2 is 2.50 bits per heavy atom. The molecule has 0 aliphatic carbocycles. The monoisotopic (exact) mass is 180 g/mol. The van der Waals surface area contributed by atoms with Crippen LogP contribution >= 0.6 is 0 Å². The summed E-state index contributed by atoms with van der Waals surface area (Å²) in [7, 11) is 0. The second kappa shape index (κ2) is 5.17. The second-order valence-electron chi connectivity index (χ2n) is 0.805. The molecular weight excluding hydrogens is 175 g/mol. The van der Waals surface area contributed by atoms with Crippen LogP contribution in [0.4, 0.5) is 0 Å². The molecule has 28 valence electrons. The van der Waals surface area contributed by atoms with Gasteiger partial charge in [-0.15, -0.1) is 0 Å². The Kier molecular flexibility index (Phi) is 5.32. The number of rotatable bonds is 1. The molecule has 0 nitrogen and oxygen atoms in total. The van der Waals surface area contributed by atoms with Crippen LogP contribution < -0.4 is 0 Å². The topological polar surface area (TPSA) is 0 Å². The zero-order valence-electron chi connectivity index (χ0n) is 3.52. The third-order valence-corrected chi connectivity index (χ3v) is 1.13. The molecule has 0 aliphatic rings. The number of allylic oxidation sites excluding steroid dienone is 2. The molecule has 0 spiro atoms. The molecule has 0 saturated heterocycles. The summed E-state index contributed by atoms with van der Waals surface area (Å²) in [5.74, 6) is 2.41. The molecule has 0 saturated carbocycles. The summed E-state index contributed by atoms with van der Waals surface area (Å²) in [5.41, 5.74) is 0. The SMILES string of the molecule is C#C/C=C/[CH2][In]. The van der Waals surface area contributed by atoms with Gasteiger partial charge in [-0.25, -0.2) is 0 Å². The first-order valence-electron chi connectivity index (χ1n) is 1.73. The van der Waals surface area contributed by atoms with E-state index in [0.29, 0.717) is 0 Å². The van der Waals surface area contributed by atoms with Crippen LogP contribution in [0, 0.1) is 12.3 Å². The van der Waals surface area contributed by atoms with Crippen molar-refractivity contribution in [2.75, 3.05) is 0 Å². The summed E-state index contributed by atoms with van der Waals surface area (Å²) >= 11 is 1.27. The molecule has 0 aromatic heterocycles. The number of hydrogen-bond donors (Lipinski definition) is 0. The molecule has 0 amide bonds. The van der Waals surface area contributed by atoms with E-state index in [1.54, 1.807) is 6.08 Å². The third-order valence-electron chi connectivity index (χ3n) is 0.350. The Balaban J connectivity index is 3.02. The van der Waals surface area contributed by atoms with Crippen LogP contribution in [0.2, 0.25) is 4.18 Å². The van der Waals surface area contributed by atoms with E-state index in [1.807, 2.05) is 6.08 Å². The van der Waals surface area contributed by atoms with Crippen LogP contribution in [0.25, 0.3) is 0 Å². The summed E-state index contributed by atoms with van der Waals surface area (Å²) < 4.78 is 1.16. The average Bonchev–Trinajstić information content (AvgIpc) is 1.61. The van der Waals surface area contributed by atoms with E-state index in [0.717, 1.165) is 4.18 Å². The van der Waals surface area contributed by atoms with Crippen molar-refractivity contribution in [3.8, 4) is 12.3 Å². The minimum absolute atomic E-state index is 1.16. The van der Waals surface area contributed by atoms with Gasteiger partial charge in [-0.2, -0.15) is 0 Å². The standard InChI is InChI=1S/C5H5.In/c1-3-5-4-2;/h1,4-5H,2H2;/b5-4+;. The summed E-state index contributed by atoms with van der Waals surface area (Å²) in [4.78, 5) is 0. The van der Waals surface area contributed by atoms with Crippen molar-refractivity contribution in [3.05, 3.63) is 12.2 Å². The van der Waals surface area contributed by atoms with Crippen molar-refractivity contribution < 1.29 is 0 Å². The van der Waals surface area contributed by atoms with Gasteiger partial charge in [0.15, 0.2) is 0 Å². The van der Waals surface area contributed by atoms with Crippen molar-refractivity contribution >= 4 is 24.4 Å². The minimum atomic E-state index is 1.16. The fraction of sp³-hybridized carbons (Fsp3) is 0.200. The number of hydrogen-bond acceptors (Lipinski definition) is 0. The maximum atomic E-state index is 4.89. The van der Waals surface area contributed by atoms with Crippen molar-refractivity contribution in [3.63, 3.8) is 0 Å². The molecule has 0 atom stereocenters. The zero-order chi connectivity index (χ0) is 4.83. The molecule has 0 aliphatic heterocycles. The van der Waals surface area contributed by atoms with Gasteiger partial charge in [0.05, 0.1) is 0 Å². The first kappa shape index (κ1) is 6.17. The first-order valence-corrected chi connectivity index (χ1v) is 4.06. The predicted molar refractivity (Wildman–Crippen MR) is 28.5 cm³/mol. The molecule has 0 aromatic rings.